The summed E-state index contributed by atoms with van der Waals surface area (Å²) in [5, 5.41) is 3.03. The summed E-state index contributed by atoms with van der Waals surface area (Å²) in [6.07, 6.45) is 0. The second-order valence-corrected chi connectivity index (χ2v) is 6.12. The summed E-state index contributed by atoms with van der Waals surface area (Å²) >= 11 is 0. The maximum absolute atomic E-state index is 12.8. The molecule has 1 N–H and O–H groups in total. The third-order valence-corrected chi connectivity index (χ3v) is 4.19. The fraction of sp³-hybridized carbons (Fsp3) is 0.381. The van der Waals surface area contributed by atoms with Gasteiger partial charge in [-0.25, -0.2) is 9.59 Å². The van der Waals surface area contributed by atoms with Gasteiger partial charge in [0.2, 0.25) is 0 Å². The van der Waals surface area contributed by atoms with Crippen LogP contribution < -0.4 is 5.32 Å². The lowest BCUT2D eigenvalue weighted by molar-refractivity contribution is -0.142. The molecule has 0 aliphatic carbocycles. The van der Waals surface area contributed by atoms with Crippen LogP contribution >= 0.6 is 0 Å². The first kappa shape index (κ1) is 21.2. The van der Waals surface area contributed by atoms with Gasteiger partial charge in [-0.3, -0.25) is 4.79 Å². The van der Waals surface area contributed by atoms with Crippen molar-refractivity contribution in [2.45, 2.75) is 33.6 Å². The fourth-order valence-electron chi connectivity index (χ4n) is 3.09. The van der Waals surface area contributed by atoms with E-state index in [1.54, 1.807) is 20.8 Å². The predicted molar refractivity (Wildman–Crippen MR) is 102 cm³/mol. The van der Waals surface area contributed by atoms with Crippen LogP contribution in [0.2, 0.25) is 0 Å². The van der Waals surface area contributed by atoms with Crippen molar-refractivity contribution in [1.29, 1.82) is 0 Å². The third kappa shape index (κ3) is 4.79. The van der Waals surface area contributed by atoms with E-state index in [9.17, 15) is 14.4 Å². The predicted octanol–water partition coefficient (Wildman–Crippen LogP) is 2.59. The molecular weight excluding hydrogens is 362 g/mol. The molecule has 28 heavy (non-hydrogen) atoms. The summed E-state index contributed by atoms with van der Waals surface area (Å²) in [7, 11) is 0. The molecule has 7 heteroatoms. The molecule has 0 fully saturated rings. The van der Waals surface area contributed by atoms with Gasteiger partial charge in [0.15, 0.2) is 0 Å². The number of ether oxygens (including phenoxy) is 3. The van der Waals surface area contributed by atoms with Crippen LogP contribution in [0.25, 0.3) is 0 Å². The molecule has 2 rings (SSSR count). The lowest BCUT2D eigenvalue weighted by Gasteiger charge is -2.31. The van der Waals surface area contributed by atoms with Gasteiger partial charge in [0.05, 0.1) is 36.0 Å². The van der Waals surface area contributed by atoms with Gasteiger partial charge >= 0.3 is 17.9 Å². The molecule has 1 aliphatic rings. The number of allylic oxidation sites excluding steroid dienone is 1. The van der Waals surface area contributed by atoms with E-state index in [0.29, 0.717) is 17.0 Å². The second kappa shape index (κ2) is 9.73. The standard InChI is InChI=1S/C21H25NO6/c1-5-26-20(24)17-13(3)22-16(12-28-14(4)23)19(21(25)27-6-2)18(17)15-10-8-7-9-11-15/h7-11,18,22H,5-6,12H2,1-4H3. The topological polar surface area (TPSA) is 90.9 Å². The summed E-state index contributed by atoms with van der Waals surface area (Å²) in [4.78, 5) is 36.8. The van der Waals surface area contributed by atoms with Crippen LogP contribution in [-0.4, -0.2) is 37.7 Å². The molecule has 1 aromatic rings. The molecule has 1 atom stereocenters. The van der Waals surface area contributed by atoms with E-state index in [4.69, 9.17) is 14.2 Å². The van der Waals surface area contributed by atoms with Gasteiger partial charge in [-0.15, -0.1) is 0 Å². The highest BCUT2D eigenvalue weighted by atomic mass is 16.5. The van der Waals surface area contributed by atoms with E-state index in [2.05, 4.69) is 5.32 Å². The van der Waals surface area contributed by atoms with E-state index >= 15 is 0 Å². The van der Waals surface area contributed by atoms with E-state index in [1.165, 1.54) is 6.92 Å². The number of carbonyl (C=O) groups excluding carboxylic acids is 3. The zero-order chi connectivity index (χ0) is 20.7. The Morgan fingerprint density at radius 3 is 2.04 bits per heavy atom. The molecule has 150 valence electrons. The molecule has 0 spiro atoms. The van der Waals surface area contributed by atoms with Crippen molar-refractivity contribution in [2.75, 3.05) is 19.8 Å². The normalized spacial score (nSPS) is 16.4. The summed E-state index contributed by atoms with van der Waals surface area (Å²) < 4.78 is 15.6. The van der Waals surface area contributed by atoms with Crippen LogP contribution in [0.1, 0.15) is 39.2 Å². The lowest BCUT2D eigenvalue weighted by Crippen LogP contribution is -2.35. The second-order valence-electron chi connectivity index (χ2n) is 6.12. The number of benzene rings is 1. The quantitative estimate of drug-likeness (QED) is 0.568. The van der Waals surface area contributed by atoms with Gasteiger partial charge < -0.3 is 19.5 Å². The Labute approximate surface area is 164 Å². The van der Waals surface area contributed by atoms with Crippen molar-refractivity contribution in [3.05, 3.63) is 58.4 Å². The number of carbonyl (C=O) groups is 3. The van der Waals surface area contributed by atoms with Gasteiger partial charge in [0, 0.05) is 12.6 Å². The molecule has 0 bridgehead atoms. The van der Waals surface area contributed by atoms with Crippen molar-refractivity contribution in [3.8, 4) is 0 Å². The number of hydrogen-bond acceptors (Lipinski definition) is 7. The zero-order valence-corrected chi connectivity index (χ0v) is 16.5. The lowest BCUT2D eigenvalue weighted by atomic mass is 9.80. The Morgan fingerprint density at radius 2 is 1.50 bits per heavy atom. The van der Waals surface area contributed by atoms with Crippen LogP contribution in [0.4, 0.5) is 0 Å². The molecule has 0 amide bonds. The number of rotatable bonds is 7. The summed E-state index contributed by atoms with van der Waals surface area (Å²) in [6, 6.07) is 9.14. The largest absolute Gasteiger partial charge is 0.463 e. The van der Waals surface area contributed by atoms with Crippen molar-refractivity contribution in [1.82, 2.24) is 5.32 Å². The minimum absolute atomic E-state index is 0.139. The average Bonchev–Trinajstić information content (AvgIpc) is 2.66. The average molecular weight is 387 g/mol. The zero-order valence-electron chi connectivity index (χ0n) is 16.5. The molecule has 0 radical (unpaired) electrons. The number of esters is 3. The van der Waals surface area contributed by atoms with Crippen LogP contribution in [0, 0.1) is 0 Å². The van der Waals surface area contributed by atoms with Crippen LogP contribution in [0.3, 0.4) is 0 Å². The van der Waals surface area contributed by atoms with E-state index < -0.39 is 23.8 Å². The minimum Gasteiger partial charge on any atom is -0.463 e. The number of nitrogens with one attached hydrogen (secondary N) is 1. The van der Waals surface area contributed by atoms with Crippen LogP contribution in [0.5, 0.6) is 0 Å². The van der Waals surface area contributed by atoms with Crippen molar-refractivity contribution >= 4 is 17.9 Å². The maximum Gasteiger partial charge on any atom is 0.336 e. The first-order chi connectivity index (χ1) is 13.4. The highest BCUT2D eigenvalue weighted by Gasteiger charge is 2.39. The SMILES string of the molecule is CCOC(=O)C1=C(C)NC(COC(C)=O)=C(C(=O)OCC)C1c1ccccc1. The highest BCUT2D eigenvalue weighted by Crippen LogP contribution is 2.39. The van der Waals surface area contributed by atoms with Gasteiger partial charge in [0.25, 0.3) is 0 Å². The van der Waals surface area contributed by atoms with E-state index in [-0.39, 0.29) is 25.4 Å². The Morgan fingerprint density at radius 1 is 0.929 bits per heavy atom. The molecule has 0 aromatic heterocycles. The molecule has 1 unspecified atom stereocenters. The molecule has 7 nitrogen and oxygen atoms in total. The number of dihydropyridines is 1. The minimum atomic E-state index is -0.703. The van der Waals surface area contributed by atoms with E-state index in [0.717, 1.165) is 5.56 Å². The first-order valence-corrected chi connectivity index (χ1v) is 9.14. The first-order valence-electron chi connectivity index (χ1n) is 9.14. The molecule has 1 heterocycles. The van der Waals surface area contributed by atoms with Gasteiger partial charge in [0.1, 0.15) is 6.61 Å². The van der Waals surface area contributed by atoms with Crippen molar-refractivity contribution in [2.24, 2.45) is 0 Å². The summed E-state index contributed by atoms with van der Waals surface area (Å²) in [5.74, 6) is -2.28. The van der Waals surface area contributed by atoms with Gasteiger partial charge in [-0.1, -0.05) is 30.3 Å². The Balaban J connectivity index is 2.65. The molecular formula is C21H25NO6. The molecule has 0 saturated carbocycles. The molecule has 1 aliphatic heterocycles. The molecule has 1 aromatic carbocycles. The monoisotopic (exact) mass is 387 g/mol. The van der Waals surface area contributed by atoms with Gasteiger partial charge in [-0.05, 0) is 26.3 Å². The fourth-order valence-corrected chi connectivity index (χ4v) is 3.09. The van der Waals surface area contributed by atoms with Crippen LogP contribution in [-0.2, 0) is 28.6 Å². The Bertz CT molecular complexity index is 809. The molecule has 0 saturated heterocycles. The van der Waals surface area contributed by atoms with Gasteiger partial charge in [-0.2, -0.15) is 0 Å². The maximum atomic E-state index is 12.8. The Hall–Kier alpha value is -3.09. The van der Waals surface area contributed by atoms with Crippen LogP contribution in [0.15, 0.2) is 52.9 Å². The smallest absolute Gasteiger partial charge is 0.336 e. The third-order valence-electron chi connectivity index (χ3n) is 4.19. The van der Waals surface area contributed by atoms with Crippen molar-refractivity contribution < 1.29 is 28.6 Å². The summed E-state index contributed by atoms with van der Waals surface area (Å²) in [5.41, 5.74) is 2.19. The van der Waals surface area contributed by atoms with E-state index in [1.807, 2.05) is 30.3 Å². The Kier molecular flexibility index (Phi) is 7.37. The highest BCUT2D eigenvalue weighted by molar-refractivity contribution is 6.00. The van der Waals surface area contributed by atoms with Crippen molar-refractivity contribution in [3.63, 3.8) is 0 Å². The summed E-state index contributed by atoms with van der Waals surface area (Å²) in [6.45, 7) is 6.66. The number of hydrogen-bond donors (Lipinski definition) is 1.